The van der Waals surface area contributed by atoms with Crippen LogP contribution in [0.15, 0.2) is 40.3 Å². The Hall–Kier alpha value is -2.16. The summed E-state index contributed by atoms with van der Waals surface area (Å²) in [7, 11) is 0. The first kappa shape index (κ1) is 19.2. The van der Waals surface area contributed by atoms with E-state index in [1.54, 1.807) is 6.92 Å². The number of nitrogens with zero attached hydrogens (tertiary/aromatic N) is 2. The predicted octanol–water partition coefficient (Wildman–Crippen LogP) is 3.86. The molecule has 0 radical (unpaired) electrons. The summed E-state index contributed by atoms with van der Waals surface area (Å²) in [5, 5.41) is 9.61. The van der Waals surface area contributed by atoms with Gasteiger partial charge in [0.25, 0.3) is 5.56 Å². The summed E-state index contributed by atoms with van der Waals surface area (Å²) in [6.07, 6.45) is 0.645. The Balaban J connectivity index is 1.98. The number of para-hydroxylation sites is 1. The van der Waals surface area contributed by atoms with E-state index in [0.717, 1.165) is 22.2 Å². The minimum atomic E-state index is -0.945. The van der Waals surface area contributed by atoms with Crippen LogP contribution in [0.1, 0.15) is 31.2 Å². The molecule has 8 heteroatoms. The van der Waals surface area contributed by atoms with Gasteiger partial charge in [-0.1, -0.05) is 30.0 Å². The fraction of sp³-hybridized carbons (Fsp3) is 0.350. The Bertz CT molecular complexity index is 1120. The number of carbonyl (C=O) groups is 1. The van der Waals surface area contributed by atoms with Crippen molar-refractivity contribution in [2.45, 2.75) is 49.8 Å². The minimum absolute atomic E-state index is 0.161. The van der Waals surface area contributed by atoms with Crippen LogP contribution in [0.2, 0.25) is 0 Å². The molecule has 0 saturated heterocycles. The maximum atomic E-state index is 13.6. The smallest absolute Gasteiger partial charge is 0.316 e. The van der Waals surface area contributed by atoms with Gasteiger partial charge in [-0.15, -0.1) is 11.3 Å². The maximum absolute atomic E-state index is 13.6. The van der Waals surface area contributed by atoms with E-state index in [9.17, 15) is 14.7 Å². The third-order valence-corrected chi connectivity index (χ3v) is 6.86. The summed E-state index contributed by atoms with van der Waals surface area (Å²) in [6, 6.07) is 9.23. The van der Waals surface area contributed by atoms with E-state index in [1.807, 2.05) is 44.2 Å². The molecule has 3 heterocycles. The van der Waals surface area contributed by atoms with Crippen molar-refractivity contribution in [3.05, 3.63) is 51.1 Å². The van der Waals surface area contributed by atoms with Gasteiger partial charge in [-0.05, 0) is 38.5 Å². The van der Waals surface area contributed by atoms with Crippen LogP contribution in [0, 0.1) is 0 Å². The van der Waals surface area contributed by atoms with Gasteiger partial charge in [-0.3, -0.25) is 14.2 Å². The molecule has 3 aromatic rings. The van der Waals surface area contributed by atoms with Gasteiger partial charge in [0.1, 0.15) is 10.1 Å². The van der Waals surface area contributed by atoms with Crippen molar-refractivity contribution in [3.63, 3.8) is 0 Å². The van der Waals surface area contributed by atoms with Crippen LogP contribution in [-0.2, 0) is 22.6 Å². The van der Waals surface area contributed by atoms with Gasteiger partial charge in [0.15, 0.2) is 5.16 Å². The number of thiophene rings is 1. The number of rotatable bonds is 4. The largest absolute Gasteiger partial charge is 0.480 e. The van der Waals surface area contributed by atoms with Crippen LogP contribution in [0.5, 0.6) is 0 Å². The third-order valence-electron chi connectivity index (χ3n) is 4.72. The standard InChI is InChI=1S/C20H20N2O4S2/c1-11(18(24)25)27-19-21-16-15(13-9-20(2,3)26-10-14(13)28-16)17(23)22(19)12-7-5-4-6-8-12/h4-8,11H,9-10H2,1-3H3,(H,24,25). The fourth-order valence-electron chi connectivity index (χ4n) is 3.27. The molecule has 146 valence electrons. The van der Waals surface area contributed by atoms with Gasteiger partial charge < -0.3 is 9.84 Å². The first-order chi connectivity index (χ1) is 13.3. The lowest BCUT2D eigenvalue weighted by Crippen LogP contribution is -2.32. The highest BCUT2D eigenvalue weighted by Crippen LogP contribution is 2.38. The van der Waals surface area contributed by atoms with E-state index >= 15 is 0 Å². The van der Waals surface area contributed by atoms with Crippen molar-refractivity contribution in [1.82, 2.24) is 9.55 Å². The predicted molar refractivity (Wildman–Crippen MR) is 111 cm³/mol. The normalized spacial score (nSPS) is 16.7. The number of ether oxygens (including phenoxy) is 1. The molecule has 1 aliphatic heterocycles. The molecule has 1 aromatic carbocycles. The van der Waals surface area contributed by atoms with Crippen LogP contribution < -0.4 is 5.56 Å². The number of benzene rings is 1. The van der Waals surface area contributed by atoms with Crippen LogP contribution in [0.3, 0.4) is 0 Å². The van der Waals surface area contributed by atoms with Crippen molar-refractivity contribution in [3.8, 4) is 5.69 Å². The van der Waals surface area contributed by atoms with E-state index in [-0.39, 0.29) is 11.2 Å². The van der Waals surface area contributed by atoms with Gasteiger partial charge in [0, 0.05) is 11.3 Å². The van der Waals surface area contributed by atoms with Gasteiger partial charge in [0.05, 0.1) is 23.3 Å². The summed E-state index contributed by atoms with van der Waals surface area (Å²) in [5.41, 5.74) is 1.18. The summed E-state index contributed by atoms with van der Waals surface area (Å²) >= 11 is 2.53. The van der Waals surface area contributed by atoms with Crippen molar-refractivity contribution in [2.24, 2.45) is 0 Å². The van der Waals surface area contributed by atoms with Crippen molar-refractivity contribution >= 4 is 39.3 Å². The Labute approximate surface area is 170 Å². The molecule has 6 nitrogen and oxygen atoms in total. The zero-order chi connectivity index (χ0) is 20.1. The van der Waals surface area contributed by atoms with Gasteiger partial charge in [0.2, 0.25) is 0 Å². The fourth-order valence-corrected chi connectivity index (χ4v) is 5.27. The Morgan fingerprint density at radius 3 is 2.75 bits per heavy atom. The Morgan fingerprint density at radius 1 is 1.36 bits per heavy atom. The average Bonchev–Trinajstić information content (AvgIpc) is 2.99. The molecule has 0 amide bonds. The lowest BCUT2D eigenvalue weighted by molar-refractivity contribution is -0.136. The maximum Gasteiger partial charge on any atom is 0.316 e. The van der Waals surface area contributed by atoms with E-state index in [2.05, 4.69) is 0 Å². The number of fused-ring (bicyclic) bond motifs is 3. The van der Waals surface area contributed by atoms with Crippen LogP contribution in [0.4, 0.5) is 0 Å². The number of carboxylic acid groups (broad SMARTS) is 1. The van der Waals surface area contributed by atoms with E-state index in [0.29, 0.717) is 34.1 Å². The van der Waals surface area contributed by atoms with Crippen LogP contribution >= 0.6 is 23.1 Å². The second kappa shape index (κ2) is 7.02. The number of hydrogen-bond donors (Lipinski definition) is 1. The third kappa shape index (κ3) is 3.36. The number of aromatic nitrogens is 2. The zero-order valence-corrected chi connectivity index (χ0v) is 17.4. The molecule has 1 atom stereocenters. The summed E-state index contributed by atoms with van der Waals surface area (Å²) in [4.78, 5) is 31.3. The second-order valence-electron chi connectivity index (χ2n) is 7.38. The quantitative estimate of drug-likeness (QED) is 0.514. The lowest BCUT2D eigenvalue weighted by atomic mass is 9.94. The van der Waals surface area contributed by atoms with E-state index in [1.165, 1.54) is 15.9 Å². The molecule has 2 aromatic heterocycles. The van der Waals surface area contributed by atoms with Crippen molar-refractivity contribution in [2.75, 3.05) is 0 Å². The highest BCUT2D eigenvalue weighted by molar-refractivity contribution is 8.00. The summed E-state index contributed by atoms with van der Waals surface area (Å²) in [6.45, 7) is 6.08. The molecular weight excluding hydrogens is 396 g/mol. The molecular formula is C20H20N2O4S2. The number of hydrogen-bond acceptors (Lipinski definition) is 6. The average molecular weight is 417 g/mol. The minimum Gasteiger partial charge on any atom is -0.480 e. The highest BCUT2D eigenvalue weighted by atomic mass is 32.2. The van der Waals surface area contributed by atoms with Crippen LogP contribution in [0.25, 0.3) is 15.9 Å². The molecule has 1 N–H and O–H groups in total. The lowest BCUT2D eigenvalue weighted by Gasteiger charge is -2.29. The molecule has 0 bridgehead atoms. The molecule has 0 saturated carbocycles. The van der Waals surface area contributed by atoms with Gasteiger partial charge >= 0.3 is 5.97 Å². The van der Waals surface area contributed by atoms with Gasteiger partial charge in [-0.2, -0.15) is 0 Å². The first-order valence-electron chi connectivity index (χ1n) is 8.93. The summed E-state index contributed by atoms with van der Waals surface area (Å²) in [5.74, 6) is -0.945. The monoisotopic (exact) mass is 416 g/mol. The number of thioether (sulfide) groups is 1. The molecule has 0 spiro atoms. The Kier molecular flexibility index (Phi) is 4.81. The van der Waals surface area contributed by atoms with Gasteiger partial charge in [-0.25, -0.2) is 4.98 Å². The SMILES string of the molecule is CC(Sc1nc2sc3c(c2c(=O)n1-c1ccccc1)CC(C)(C)OC3)C(=O)O. The molecule has 0 aliphatic carbocycles. The van der Waals surface area contributed by atoms with E-state index in [4.69, 9.17) is 9.72 Å². The van der Waals surface area contributed by atoms with E-state index < -0.39 is 11.2 Å². The number of aliphatic carboxylic acids is 1. The molecule has 28 heavy (non-hydrogen) atoms. The number of carboxylic acids is 1. The molecule has 1 aliphatic rings. The van der Waals surface area contributed by atoms with Crippen molar-refractivity contribution in [1.29, 1.82) is 0 Å². The van der Waals surface area contributed by atoms with Crippen molar-refractivity contribution < 1.29 is 14.6 Å². The first-order valence-corrected chi connectivity index (χ1v) is 10.6. The molecule has 1 unspecified atom stereocenters. The van der Waals surface area contributed by atoms with Crippen LogP contribution in [-0.4, -0.2) is 31.5 Å². The zero-order valence-electron chi connectivity index (χ0n) is 15.8. The Morgan fingerprint density at radius 2 is 2.07 bits per heavy atom. The topological polar surface area (TPSA) is 81.4 Å². The molecule has 0 fully saturated rings. The molecule has 4 rings (SSSR count). The highest BCUT2D eigenvalue weighted by Gasteiger charge is 2.32. The second-order valence-corrected chi connectivity index (χ2v) is 9.77. The summed E-state index contributed by atoms with van der Waals surface area (Å²) < 4.78 is 7.42.